The first-order chi connectivity index (χ1) is 9.20. The van der Waals surface area contributed by atoms with Crippen LogP contribution in [0.1, 0.15) is 24.4 Å². The highest BCUT2D eigenvalue weighted by atomic mass is 19.1. The van der Waals surface area contributed by atoms with Crippen LogP contribution in [0.4, 0.5) is 4.39 Å². The molecule has 5 nitrogen and oxygen atoms in total. The molecule has 0 saturated carbocycles. The molecule has 0 amide bonds. The molecule has 6 heteroatoms. The smallest absolute Gasteiger partial charge is 0.227 e. The Kier molecular flexibility index (Phi) is 4.46. The van der Waals surface area contributed by atoms with E-state index in [0.29, 0.717) is 30.2 Å². The SMILES string of the molecule is COc1ccc(C(C)NCCc2ncno2)c(F)c1. The van der Waals surface area contributed by atoms with E-state index in [1.807, 2.05) is 6.92 Å². The second kappa shape index (κ2) is 6.29. The lowest BCUT2D eigenvalue weighted by atomic mass is 10.1. The van der Waals surface area contributed by atoms with E-state index in [9.17, 15) is 4.39 Å². The van der Waals surface area contributed by atoms with Crippen molar-refractivity contribution in [3.8, 4) is 5.75 Å². The number of hydrogen-bond acceptors (Lipinski definition) is 5. The summed E-state index contributed by atoms with van der Waals surface area (Å²) in [6.45, 7) is 2.54. The third-order valence-electron chi connectivity index (χ3n) is 2.87. The Morgan fingerprint density at radius 1 is 1.47 bits per heavy atom. The van der Waals surface area contributed by atoms with Gasteiger partial charge in [-0.15, -0.1) is 0 Å². The highest BCUT2D eigenvalue weighted by Crippen LogP contribution is 2.21. The zero-order chi connectivity index (χ0) is 13.7. The van der Waals surface area contributed by atoms with Gasteiger partial charge in [0.1, 0.15) is 11.6 Å². The molecule has 0 radical (unpaired) electrons. The fourth-order valence-corrected chi connectivity index (χ4v) is 1.80. The molecule has 2 aromatic rings. The Bertz CT molecular complexity index is 517. The van der Waals surface area contributed by atoms with E-state index in [1.165, 1.54) is 19.5 Å². The lowest BCUT2D eigenvalue weighted by molar-refractivity contribution is 0.372. The maximum Gasteiger partial charge on any atom is 0.227 e. The van der Waals surface area contributed by atoms with Crippen molar-refractivity contribution in [1.82, 2.24) is 15.5 Å². The number of benzene rings is 1. The van der Waals surface area contributed by atoms with E-state index >= 15 is 0 Å². The molecule has 0 aliphatic rings. The van der Waals surface area contributed by atoms with Crippen molar-refractivity contribution in [2.75, 3.05) is 13.7 Å². The largest absolute Gasteiger partial charge is 0.497 e. The predicted molar refractivity (Wildman–Crippen MR) is 67.4 cm³/mol. The van der Waals surface area contributed by atoms with Crippen molar-refractivity contribution in [3.63, 3.8) is 0 Å². The van der Waals surface area contributed by atoms with Crippen LogP contribution in [0.5, 0.6) is 5.75 Å². The second-order valence-corrected chi connectivity index (χ2v) is 4.15. The average molecular weight is 265 g/mol. The van der Waals surface area contributed by atoms with Crippen LogP contribution in [0, 0.1) is 5.82 Å². The Balaban J connectivity index is 1.90. The van der Waals surface area contributed by atoms with Crippen LogP contribution in [0.25, 0.3) is 0 Å². The van der Waals surface area contributed by atoms with E-state index in [4.69, 9.17) is 9.26 Å². The van der Waals surface area contributed by atoms with Crippen LogP contribution in [0.2, 0.25) is 0 Å². The van der Waals surface area contributed by atoms with E-state index in [0.717, 1.165) is 0 Å². The van der Waals surface area contributed by atoms with Crippen LogP contribution in [0.3, 0.4) is 0 Å². The summed E-state index contributed by atoms with van der Waals surface area (Å²) in [5.74, 6) is 0.798. The van der Waals surface area contributed by atoms with Crippen LogP contribution in [-0.2, 0) is 6.42 Å². The van der Waals surface area contributed by atoms with E-state index in [-0.39, 0.29) is 11.9 Å². The van der Waals surface area contributed by atoms with E-state index < -0.39 is 0 Å². The van der Waals surface area contributed by atoms with Crippen molar-refractivity contribution in [3.05, 3.63) is 41.8 Å². The van der Waals surface area contributed by atoms with Gasteiger partial charge >= 0.3 is 0 Å². The monoisotopic (exact) mass is 265 g/mol. The first-order valence-corrected chi connectivity index (χ1v) is 6.03. The minimum Gasteiger partial charge on any atom is -0.497 e. The lowest BCUT2D eigenvalue weighted by Gasteiger charge is -2.15. The van der Waals surface area contributed by atoms with Gasteiger partial charge in [-0.2, -0.15) is 4.98 Å². The summed E-state index contributed by atoms with van der Waals surface area (Å²) in [5.41, 5.74) is 0.603. The van der Waals surface area contributed by atoms with E-state index in [1.54, 1.807) is 12.1 Å². The number of hydrogen-bond donors (Lipinski definition) is 1. The van der Waals surface area contributed by atoms with Gasteiger partial charge in [0.15, 0.2) is 6.33 Å². The molecule has 0 fully saturated rings. The summed E-state index contributed by atoms with van der Waals surface area (Å²) in [4.78, 5) is 3.92. The topological polar surface area (TPSA) is 60.2 Å². The van der Waals surface area contributed by atoms with Crippen molar-refractivity contribution < 1.29 is 13.7 Å². The zero-order valence-corrected chi connectivity index (χ0v) is 10.9. The maximum atomic E-state index is 13.8. The Hall–Kier alpha value is -1.95. The minimum absolute atomic E-state index is 0.103. The molecule has 0 aliphatic heterocycles. The number of nitrogens with one attached hydrogen (secondary N) is 1. The number of halogens is 1. The van der Waals surface area contributed by atoms with Gasteiger partial charge in [-0.1, -0.05) is 11.2 Å². The van der Waals surface area contributed by atoms with Crippen molar-refractivity contribution >= 4 is 0 Å². The van der Waals surface area contributed by atoms with Gasteiger partial charge in [0.2, 0.25) is 5.89 Å². The Morgan fingerprint density at radius 2 is 2.32 bits per heavy atom. The molecule has 1 atom stereocenters. The highest BCUT2D eigenvalue weighted by molar-refractivity contribution is 5.30. The molecular formula is C13H16FN3O2. The van der Waals surface area contributed by atoms with Crippen molar-refractivity contribution in [2.24, 2.45) is 0 Å². The van der Waals surface area contributed by atoms with Gasteiger partial charge in [0.05, 0.1) is 7.11 Å². The summed E-state index contributed by atoms with van der Waals surface area (Å²) < 4.78 is 23.7. The van der Waals surface area contributed by atoms with Crippen molar-refractivity contribution in [1.29, 1.82) is 0 Å². The standard InChI is InChI=1S/C13H16FN3O2/c1-9(15-6-5-13-16-8-17-19-13)11-4-3-10(18-2)7-12(11)14/h3-4,7-9,15H,5-6H2,1-2H3. The van der Waals surface area contributed by atoms with Gasteiger partial charge in [0, 0.05) is 30.6 Å². The molecule has 0 spiro atoms. The summed E-state index contributed by atoms with van der Waals surface area (Å²) >= 11 is 0. The molecule has 1 unspecified atom stereocenters. The molecule has 0 saturated heterocycles. The number of methoxy groups -OCH3 is 1. The molecule has 1 aromatic heterocycles. The third kappa shape index (κ3) is 3.51. The number of rotatable bonds is 6. The molecule has 102 valence electrons. The van der Waals surface area contributed by atoms with Crippen LogP contribution >= 0.6 is 0 Å². The number of ether oxygens (including phenoxy) is 1. The fraction of sp³-hybridized carbons (Fsp3) is 0.385. The van der Waals surface area contributed by atoms with Crippen molar-refractivity contribution in [2.45, 2.75) is 19.4 Å². The van der Waals surface area contributed by atoms with Crippen LogP contribution < -0.4 is 10.1 Å². The van der Waals surface area contributed by atoms with Gasteiger partial charge in [0.25, 0.3) is 0 Å². The van der Waals surface area contributed by atoms with Crippen LogP contribution in [0.15, 0.2) is 29.0 Å². The Morgan fingerprint density at radius 3 is 2.95 bits per heavy atom. The Labute approximate surface area is 110 Å². The first kappa shape index (κ1) is 13.5. The second-order valence-electron chi connectivity index (χ2n) is 4.15. The third-order valence-corrected chi connectivity index (χ3v) is 2.87. The van der Waals surface area contributed by atoms with Crippen LogP contribution in [-0.4, -0.2) is 23.8 Å². The first-order valence-electron chi connectivity index (χ1n) is 6.03. The predicted octanol–water partition coefficient (Wildman–Crippen LogP) is 2.11. The molecular weight excluding hydrogens is 249 g/mol. The molecule has 2 rings (SSSR count). The number of nitrogens with zero attached hydrogens (tertiary/aromatic N) is 2. The van der Waals surface area contributed by atoms with Gasteiger partial charge in [-0.3, -0.25) is 0 Å². The lowest BCUT2D eigenvalue weighted by Crippen LogP contribution is -2.22. The van der Waals surface area contributed by atoms with E-state index in [2.05, 4.69) is 15.5 Å². The average Bonchev–Trinajstić information content (AvgIpc) is 2.91. The molecule has 0 bridgehead atoms. The zero-order valence-electron chi connectivity index (χ0n) is 10.9. The minimum atomic E-state index is -0.280. The van der Waals surface area contributed by atoms with Gasteiger partial charge < -0.3 is 14.6 Å². The molecule has 1 heterocycles. The summed E-state index contributed by atoms with van der Waals surface area (Å²) in [6, 6.07) is 4.74. The van der Waals surface area contributed by atoms with Gasteiger partial charge in [-0.25, -0.2) is 4.39 Å². The quantitative estimate of drug-likeness (QED) is 0.866. The fourth-order valence-electron chi connectivity index (χ4n) is 1.80. The highest BCUT2D eigenvalue weighted by Gasteiger charge is 2.11. The molecule has 1 aromatic carbocycles. The maximum absolute atomic E-state index is 13.8. The molecule has 0 aliphatic carbocycles. The van der Waals surface area contributed by atoms with Gasteiger partial charge in [-0.05, 0) is 13.0 Å². The normalized spacial score (nSPS) is 12.4. The molecule has 1 N–H and O–H groups in total. The summed E-state index contributed by atoms with van der Waals surface area (Å²) in [5, 5.41) is 6.73. The summed E-state index contributed by atoms with van der Waals surface area (Å²) in [6.07, 6.45) is 1.98. The number of aromatic nitrogens is 2. The summed E-state index contributed by atoms with van der Waals surface area (Å²) in [7, 11) is 1.51. The molecule has 19 heavy (non-hydrogen) atoms.